The van der Waals surface area contributed by atoms with Crippen LogP contribution in [0.2, 0.25) is 0 Å². The summed E-state index contributed by atoms with van der Waals surface area (Å²) in [5.74, 6) is -0.379. The maximum Gasteiger partial charge on any atom is 0.219 e. The number of carbonyl (C=O) groups excluding carboxylic acids is 1. The number of fused-ring (bicyclic) bond motifs is 1. The molecule has 1 saturated heterocycles. The number of piperidine rings is 1. The summed E-state index contributed by atoms with van der Waals surface area (Å²) >= 11 is 1.30. The molecule has 1 aliphatic rings. The Labute approximate surface area is 211 Å². The van der Waals surface area contributed by atoms with E-state index < -0.39 is 5.82 Å². The molecule has 0 radical (unpaired) electrons. The first-order valence-electron chi connectivity index (χ1n) is 11.5. The van der Waals surface area contributed by atoms with Crippen LogP contribution in [-0.4, -0.2) is 43.3 Å². The Bertz CT molecular complexity index is 1570. The number of halogens is 1. The molecule has 180 valence electrons. The Hall–Kier alpha value is -4.15. The molecule has 1 aromatic carbocycles. The van der Waals surface area contributed by atoms with E-state index in [-0.39, 0.29) is 17.5 Å². The fourth-order valence-electron chi connectivity index (χ4n) is 4.69. The zero-order chi connectivity index (χ0) is 25.4. The lowest BCUT2D eigenvalue weighted by molar-refractivity contribution is -0.130. The third-order valence-electron chi connectivity index (χ3n) is 6.59. The molecule has 4 heterocycles. The van der Waals surface area contributed by atoms with Gasteiger partial charge in [0.05, 0.1) is 35.1 Å². The van der Waals surface area contributed by atoms with Crippen LogP contribution in [0.25, 0.3) is 16.6 Å². The normalized spacial score (nSPS) is 14.1. The van der Waals surface area contributed by atoms with Crippen molar-refractivity contribution in [2.24, 2.45) is 0 Å². The van der Waals surface area contributed by atoms with Crippen LogP contribution in [0.15, 0.2) is 52.6 Å². The van der Waals surface area contributed by atoms with E-state index in [1.807, 2.05) is 41.0 Å². The number of rotatable bonds is 4. The largest absolute Gasteiger partial charge is 0.343 e. The molecule has 1 fully saturated rings. The fraction of sp³-hybridized carbons (Fsp3) is 0.269. The van der Waals surface area contributed by atoms with Gasteiger partial charge in [-0.1, -0.05) is 11.8 Å². The molecule has 4 aromatic rings. The van der Waals surface area contributed by atoms with Crippen molar-refractivity contribution in [3.63, 3.8) is 0 Å². The van der Waals surface area contributed by atoms with E-state index in [9.17, 15) is 19.7 Å². The van der Waals surface area contributed by atoms with E-state index >= 15 is 0 Å². The molecule has 0 unspecified atom stereocenters. The first-order valence-corrected chi connectivity index (χ1v) is 12.3. The van der Waals surface area contributed by atoms with Gasteiger partial charge in [-0.05, 0) is 44.0 Å². The predicted molar refractivity (Wildman–Crippen MR) is 132 cm³/mol. The Morgan fingerprint density at radius 3 is 2.53 bits per heavy atom. The van der Waals surface area contributed by atoms with Crippen LogP contribution in [-0.2, 0) is 4.79 Å². The van der Waals surface area contributed by atoms with Gasteiger partial charge in [0, 0.05) is 52.8 Å². The van der Waals surface area contributed by atoms with E-state index in [0.717, 1.165) is 34.6 Å². The molecule has 3 aromatic heterocycles. The average Bonchev–Trinajstić information content (AvgIpc) is 3.48. The van der Waals surface area contributed by atoms with Gasteiger partial charge < -0.3 is 4.90 Å². The van der Waals surface area contributed by atoms with Crippen molar-refractivity contribution in [2.45, 2.75) is 42.5 Å². The van der Waals surface area contributed by atoms with Crippen molar-refractivity contribution in [3.8, 4) is 23.3 Å². The second-order valence-electron chi connectivity index (χ2n) is 8.74. The van der Waals surface area contributed by atoms with Gasteiger partial charge in [-0.3, -0.25) is 9.48 Å². The van der Waals surface area contributed by atoms with E-state index in [1.54, 1.807) is 17.5 Å². The standard InChI is InChI=1S/C26H22FN7OS/c1-16-23(14-31-34(16)22-5-7-32(8-6-22)17(2)35)19-10-25(26-20(12-29)13-30-33(26)15-19)36-24-4-3-21(27)9-18(24)11-28/h3-4,9-10,13-15,22H,5-8H2,1-2H3. The van der Waals surface area contributed by atoms with E-state index in [4.69, 9.17) is 0 Å². The molecule has 0 atom stereocenters. The summed E-state index contributed by atoms with van der Waals surface area (Å²) < 4.78 is 17.4. The van der Waals surface area contributed by atoms with Crippen LogP contribution >= 0.6 is 11.8 Å². The van der Waals surface area contributed by atoms with Gasteiger partial charge in [0.2, 0.25) is 5.91 Å². The minimum Gasteiger partial charge on any atom is -0.343 e. The van der Waals surface area contributed by atoms with Crippen LogP contribution in [0, 0.1) is 35.4 Å². The van der Waals surface area contributed by atoms with Crippen molar-refractivity contribution in [2.75, 3.05) is 13.1 Å². The lowest BCUT2D eigenvalue weighted by Crippen LogP contribution is -2.38. The summed E-state index contributed by atoms with van der Waals surface area (Å²) in [6.07, 6.45) is 6.89. The van der Waals surface area contributed by atoms with E-state index in [2.05, 4.69) is 16.3 Å². The summed E-state index contributed by atoms with van der Waals surface area (Å²) in [5.41, 5.74) is 4.06. The molecular formula is C26H22FN7OS. The number of benzene rings is 1. The third kappa shape index (κ3) is 4.21. The zero-order valence-corrected chi connectivity index (χ0v) is 20.6. The molecule has 8 nitrogen and oxygen atoms in total. The van der Waals surface area contributed by atoms with Gasteiger partial charge in [0.1, 0.15) is 18.0 Å². The number of likely N-dealkylation sites (tertiary alicyclic amines) is 1. The van der Waals surface area contributed by atoms with Crippen LogP contribution in [0.1, 0.15) is 42.6 Å². The van der Waals surface area contributed by atoms with Gasteiger partial charge in [0.25, 0.3) is 0 Å². The summed E-state index contributed by atoms with van der Waals surface area (Å²) in [5, 5.41) is 28.2. The molecular weight excluding hydrogens is 477 g/mol. The monoisotopic (exact) mass is 499 g/mol. The zero-order valence-electron chi connectivity index (χ0n) is 19.8. The topological polar surface area (TPSA) is 103 Å². The van der Waals surface area contributed by atoms with E-state index in [0.29, 0.717) is 29.1 Å². The van der Waals surface area contributed by atoms with Crippen molar-refractivity contribution in [1.29, 1.82) is 10.5 Å². The number of hydrogen-bond donors (Lipinski definition) is 0. The quantitative estimate of drug-likeness (QED) is 0.402. The number of pyridine rings is 1. The number of nitriles is 2. The molecule has 1 amide bonds. The van der Waals surface area contributed by atoms with Crippen LogP contribution in [0.4, 0.5) is 4.39 Å². The highest BCUT2D eigenvalue weighted by Gasteiger charge is 2.25. The maximum absolute atomic E-state index is 13.7. The molecule has 5 rings (SSSR count). The summed E-state index contributed by atoms with van der Waals surface area (Å²) in [4.78, 5) is 14.9. The Morgan fingerprint density at radius 1 is 1.08 bits per heavy atom. The smallest absolute Gasteiger partial charge is 0.219 e. The third-order valence-corrected chi connectivity index (χ3v) is 7.70. The number of amides is 1. The maximum atomic E-state index is 13.7. The predicted octanol–water partition coefficient (Wildman–Crippen LogP) is 4.72. The molecule has 36 heavy (non-hydrogen) atoms. The first kappa shape index (κ1) is 23.6. The lowest BCUT2D eigenvalue weighted by Gasteiger charge is -2.32. The highest BCUT2D eigenvalue weighted by molar-refractivity contribution is 7.99. The SMILES string of the molecule is CC(=O)N1CCC(n2ncc(-c3cc(Sc4ccc(F)cc4C#N)c4c(C#N)cnn4c3)c2C)CC1. The lowest BCUT2D eigenvalue weighted by atomic mass is 10.0. The molecule has 0 bridgehead atoms. The van der Waals surface area contributed by atoms with Gasteiger partial charge in [0.15, 0.2) is 0 Å². The van der Waals surface area contributed by atoms with E-state index in [1.165, 1.54) is 30.1 Å². The van der Waals surface area contributed by atoms with Crippen molar-refractivity contribution >= 4 is 23.2 Å². The summed E-state index contributed by atoms with van der Waals surface area (Å²) in [6, 6.07) is 10.5. The average molecular weight is 500 g/mol. The van der Waals surface area contributed by atoms with Crippen molar-refractivity contribution in [3.05, 3.63) is 65.5 Å². The first-order chi connectivity index (χ1) is 17.4. The Balaban J connectivity index is 1.55. The van der Waals surface area contributed by atoms with Crippen LogP contribution in [0.5, 0.6) is 0 Å². The second-order valence-corrected chi connectivity index (χ2v) is 9.82. The number of carbonyl (C=O) groups is 1. The summed E-state index contributed by atoms with van der Waals surface area (Å²) in [7, 11) is 0. The molecule has 0 spiro atoms. The minimum absolute atomic E-state index is 0.0985. The second kappa shape index (κ2) is 9.48. The van der Waals surface area contributed by atoms with Crippen LogP contribution in [0.3, 0.4) is 0 Å². The van der Waals surface area contributed by atoms with Gasteiger partial charge in [-0.2, -0.15) is 20.7 Å². The fourth-order valence-corrected chi connectivity index (χ4v) is 5.76. The Morgan fingerprint density at radius 2 is 1.83 bits per heavy atom. The van der Waals surface area contributed by atoms with Crippen molar-refractivity contribution in [1.82, 2.24) is 24.3 Å². The van der Waals surface area contributed by atoms with Gasteiger partial charge >= 0.3 is 0 Å². The van der Waals surface area contributed by atoms with Gasteiger partial charge in [-0.25, -0.2) is 8.91 Å². The number of nitrogens with zero attached hydrogens (tertiary/aromatic N) is 7. The molecule has 0 N–H and O–H groups in total. The van der Waals surface area contributed by atoms with Crippen molar-refractivity contribution < 1.29 is 9.18 Å². The minimum atomic E-state index is -0.478. The molecule has 0 aliphatic carbocycles. The number of aromatic nitrogens is 4. The Kier molecular flexibility index (Phi) is 6.21. The molecule has 10 heteroatoms. The molecule has 1 aliphatic heterocycles. The summed E-state index contributed by atoms with van der Waals surface area (Å²) in [6.45, 7) is 5.05. The van der Waals surface area contributed by atoms with Crippen LogP contribution < -0.4 is 0 Å². The molecule has 0 saturated carbocycles. The number of hydrogen-bond acceptors (Lipinski definition) is 6. The van der Waals surface area contributed by atoms with Gasteiger partial charge in [-0.15, -0.1) is 0 Å². The highest BCUT2D eigenvalue weighted by Crippen LogP contribution is 2.38. The highest BCUT2D eigenvalue weighted by atomic mass is 32.2.